The Morgan fingerprint density at radius 1 is 1.09 bits per heavy atom. The van der Waals surface area contributed by atoms with Gasteiger partial charge in [-0.05, 0) is 31.2 Å². The molecule has 1 saturated heterocycles. The van der Waals surface area contributed by atoms with Gasteiger partial charge in [-0.1, -0.05) is 43.2 Å². The van der Waals surface area contributed by atoms with Crippen molar-refractivity contribution >= 4 is 5.91 Å². The van der Waals surface area contributed by atoms with Crippen LogP contribution in [0.5, 0.6) is 0 Å². The fraction of sp³-hybridized carbons (Fsp3) is 0.632. The van der Waals surface area contributed by atoms with E-state index in [0.717, 1.165) is 51.7 Å². The lowest BCUT2D eigenvalue weighted by molar-refractivity contribution is -0.126. The first-order valence-corrected chi connectivity index (χ1v) is 8.74. The second kappa shape index (κ2) is 7.02. The van der Waals surface area contributed by atoms with Crippen LogP contribution in [0.1, 0.15) is 50.5 Å². The number of nitrogens with one attached hydrogen (secondary N) is 1. The first kappa shape index (κ1) is 16.5. The second-order valence-electron chi connectivity index (χ2n) is 7.14. The molecule has 4 nitrogen and oxygen atoms in total. The number of carbonyl (C=O) groups excluding carboxylic acids is 1. The summed E-state index contributed by atoms with van der Waals surface area (Å²) >= 11 is 0. The number of benzene rings is 1. The van der Waals surface area contributed by atoms with E-state index in [0.29, 0.717) is 6.54 Å². The van der Waals surface area contributed by atoms with Crippen molar-refractivity contribution in [2.24, 2.45) is 0 Å². The first-order chi connectivity index (χ1) is 11.1. The molecule has 126 valence electrons. The molecular weight excluding hydrogens is 290 g/mol. The van der Waals surface area contributed by atoms with Gasteiger partial charge in [-0.3, -0.25) is 4.79 Å². The fourth-order valence-electron chi connectivity index (χ4n) is 3.96. The number of hydrogen-bond acceptors (Lipinski definition) is 3. The highest BCUT2D eigenvalue weighted by atomic mass is 16.5. The number of carbonyl (C=O) groups is 1. The van der Waals surface area contributed by atoms with Crippen molar-refractivity contribution in [2.75, 3.05) is 19.8 Å². The number of rotatable bonds is 5. The summed E-state index contributed by atoms with van der Waals surface area (Å²) in [6, 6.07) is 10.4. The van der Waals surface area contributed by atoms with E-state index in [1.165, 1.54) is 5.56 Å². The Kier molecular flexibility index (Phi) is 5.02. The zero-order valence-electron chi connectivity index (χ0n) is 13.7. The quantitative estimate of drug-likeness (QED) is 0.877. The summed E-state index contributed by atoms with van der Waals surface area (Å²) in [7, 11) is 0. The zero-order valence-corrected chi connectivity index (χ0v) is 13.7. The minimum absolute atomic E-state index is 0.0313. The van der Waals surface area contributed by atoms with E-state index in [-0.39, 0.29) is 17.7 Å². The molecule has 1 aliphatic carbocycles. The van der Waals surface area contributed by atoms with E-state index >= 15 is 0 Å². The lowest BCUT2D eigenvalue weighted by Crippen LogP contribution is -2.46. The van der Waals surface area contributed by atoms with Gasteiger partial charge in [0, 0.05) is 25.2 Å². The highest BCUT2D eigenvalue weighted by Gasteiger charge is 2.37. The maximum atomic E-state index is 12.3. The molecule has 3 rings (SSSR count). The maximum Gasteiger partial charge on any atom is 0.222 e. The molecule has 1 aromatic rings. The SMILES string of the molecule is O=C(CC1(O)CCCC1)NCC1(c2ccccc2)CCOCC1. The number of hydrogen-bond donors (Lipinski definition) is 2. The Hall–Kier alpha value is -1.39. The number of amides is 1. The third-order valence-corrected chi connectivity index (χ3v) is 5.48. The van der Waals surface area contributed by atoms with Crippen molar-refractivity contribution in [3.8, 4) is 0 Å². The van der Waals surface area contributed by atoms with Crippen LogP contribution in [0.3, 0.4) is 0 Å². The molecule has 23 heavy (non-hydrogen) atoms. The van der Waals surface area contributed by atoms with E-state index in [1.807, 2.05) is 6.07 Å². The van der Waals surface area contributed by atoms with Gasteiger partial charge in [-0.2, -0.15) is 0 Å². The molecule has 1 saturated carbocycles. The fourth-order valence-corrected chi connectivity index (χ4v) is 3.96. The topological polar surface area (TPSA) is 58.6 Å². The van der Waals surface area contributed by atoms with E-state index in [9.17, 15) is 9.90 Å². The summed E-state index contributed by atoms with van der Waals surface area (Å²) in [5, 5.41) is 13.5. The van der Waals surface area contributed by atoms with Crippen LogP contribution >= 0.6 is 0 Å². The van der Waals surface area contributed by atoms with Gasteiger partial charge in [0.25, 0.3) is 0 Å². The van der Waals surface area contributed by atoms with Crippen LogP contribution in [0.15, 0.2) is 30.3 Å². The second-order valence-corrected chi connectivity index (χ2v) is 7.14. The summed E-state index contributed by atoms with van der Waals surface area (Å²) in [6.07, 6.45) is 5.61. The molecule has 2 N–H and O–H groups in total. The Balaban J connectivity index is 1.64. The summed E-state index contributed by atoms with van der Waals surface area (Å²) in [4.78, 5) is 12.3. The standard InChI is InChI=1S/C19H27NO3/c21-17(14-19(22)8-4-5-9-19)20-15-18(10-12-23-13-11-18)16-6-2-1-3-7-16/h1-3,6-7,22H,4-5,8-15H2,(H,20,21). The van der Waals surface area contributed by atoms with Crippen LogP contribution in [0.4, 0.5) is 0 Å². The molecule has 0 atom stereocenters. The summed E-state index contributed by atoms with van der Waals surface area (Å²) < 4.78 is 5.52. The minimum Gasteiger partial charge on any atom is -0.389 e. The summed E-state index contributed by atoms with van der Waals surface area (Å²) in [6.45, 7) is 2.08. The van der Waals surface area contributed by atoms with Gasteiger partial charge in [-0.15, -0.1) is 0 Å². The smallest absolute Gasteiger partial charge is 0.222 e. The molecule has 1 aromatic carbocycles. The Labute approximate surface area is 138 Å². The van der Waals surface area contributed by atoms with Crippen LogP contribution in [-0.2, 0) is 14.9 Å². The average Bonchev–Trinajstić information content (AvgIpc) is 3.01. The molecule has 1 aliphatic heterocycles. The third-order valence-electron chi connectivity index (χ3n) is 5.48. The van der Waals surface area contributed by atoms with Crippen LogP contribution in [0.25, 0.3) is 0 Å². The Morgan fingerprint density at radius 2 is 1.74 bits per heavy atom. The molecule has 0 bridgehead atoms. The normalized spacial score (nSPS) is 22.7. The van der Waals surface area contributed by atoms with Crippen molar-refractivity contribution in [2.45, 2.75) is 56.0 Å². The molecule has 4 heteroatoms. The zero-order chi connectivity index (χ0) is 16.2. The van der Waals surface area contributed by atoms with Gasteiger partial charge in [0.1, 0.15) is 0 Å². The van der Waals surface area contributed by atoms with Gasteiger partial charge in [0.05, 0.1) is 12.0 Å². The lowest BCUT2D eigenvalue weighted by atomic mass is 9.74. The Bertz CT molecular complexity index is 517. The van der Waals surface area contributed by atoms with Gasteiger partial charge >= 0.3 is 0 Å². The third kappa shape index (κ3) is 3.93. The summed E-state index contributed by atoms with van der Waals surface area (Å²) in [5.74, 6) is -0.0313. The predicted molar refractivity (Wildman–Crippen MR) is 89.2 cm³/mol. The van der Waals surface area contributed by atoms with Crippen molar-refractivity contribution in [3.63, 3.8) is 0 Å². The van der Waals surface area contributed by atoms with Crippen LogP contribution in [0.2, 0.25) is 0 Å². The minimum atomic E-state index is -0.778. The largest absolute Gasteiger partial charge is 0.389 e. The molecular formula is C19H27NO3. The molecule has 0 radical (unpaired) electrons. The molecule has 0 aromatic heterocycles. The maximum absolute atomic E-state index is 12.3. The predicted octanol–water partition coefficient (Wildman–Crippen LogP) is 2.55. The van der Waals surface area contributed by atoms with Gasteiger partial charge in [0.15, 0.2) is 0 Å². The van der Waals surface area contributed by atoms with Crippen molar-refractivity contribution in [1.29, 1.82) is 0 Å². The van der Waals surface area contributed by atoms with Gasteiger partial charge in [-0.25, -0.2) is 0 Å². The van der Waals surface area contributed by atoms with Crippen LogP contribution in [0, 0.1) is 0 Å². The van der Waals surface area contributed by atoms with E-state index in [1.54, 1.807) is 0 Å². The number of aliphatic hydroxyl groups is 1. The van der Waals surface area contributed by atoms with Crippen LogP contribution < -0.4 is 5.32 Å². The first-order valence-electron chi connectivity index (χ1n) is 8.74. The highest BCUT2D eigenvalue weighted by Crippen LogP contribution is 2.35. The molecule has 2 aliphatic rings. The van der Waals surface area contributed by atoms with Gasteiger partial charge < -0.3 is 15.2 Å². The highest BCUT2D eigenvalue weighted by molar-refractivity contribution is 5.77. The van der Waals surface area contributed by atoms with E-state index in [2.05, 4.69) is 29.6 Å². The van der Waals surface area contributed by atoms with E-state index in [4.69, 9.17) is 4.74 Å². The van der Waals surface area contributed by atoms with Crippen molar-refractivity contribution in [1.82, 2.24) is 5.32 Å². The molecule has 0 unspecified atom stereocenters. The van der Waals surface area contributed by atoms with E-state index < -0.39 is 5.60 Å². The van der Waals surface area contributed by atoms with Crippen LogP contribution in [-0.4, -0.2) is 36.4 Å². The summed E-state index contributed by atoms with van der Waals surface area (Å²) in [5.41, 5.74) is 0.441. The van der Waals surface area contributed by atoms with Crippen molar-refractivity contribution in [3.05, 3.63) is 35.9 Å². The molecule has 1 amide bonds. The molecule has 2 fully saturated rings. The monoisotopic (exact) mass is 317 g/mol. The molecule has 1 heterocycles. The molecule has 0 spiro atoms. The number of ether oxygens (including phenoxy) is 1. The lowest BCUT2D eigenvalue weighted by Gasteiger charge is -2.38. The van der Waals surface area contributed by atoms with Gasteiger partial charge in [0.2, 0.25) is 5.91 Å². The van der Waals surface area contributed by atoms with Crippen molar-refractivity contribution < 1.29 is 14.6 Å². The average molecular weight is 317 g/mol. The Morgan fingerprint density at radius 3 is 2.39 bits per heavy atom.